The number of likely N-dealkylation sites (N-methyl/N-ethyl adjacent to an activating group) is 1. The average molecular weight is 523 g/mol. The summed E-state index contributed by atoms with van der Waals surface area (Å²) in [7, 11) is -2.06. The summed E-state index contributed by atoms with van der Waals surface area (Å²) < 4.78 is 29.7. The number of hydrogen-bond acceptors (Lipinski definition) is 6. The molecule has 1 atom stereocenters. The number of anilines is 2. The van der Waals surface area contributed by atoms with Gasteiger partial charge in [0, 0.05) is 29.9 Å². The number of carboxylic acid groups (broad SMARTS) is 1. The van der Waals surface area contributed by atoms with Crippen LogP contribution in [0.25, 0.3) is 0 Å². The van der Waals surface area contributed by atoms with Gasteiger partial charge in [-0.15, -0.1) is 23.5 Å². The van der Waals surface area contributed by atoms with Crippen LogP contribution in [0.3, 0.4) is 0 Å². The lowest BCUT2D eigenvalue weighted by atomic mass is 9.88. The van der Waals surface area contributed by atoms with Gasteiger partial charge in [-0.3, -0.25) is 4.79 Å². The highest BCUT2D eigenvalue weighted by molar-refractivity contribution is 7.99. The van der Waals surface area contributed by atoms with E-state index in [1.807, 2.05) is 42.7 Å². The molecule has 0 amide bonds. The maximum Gasteiger partial charge on any atom is 0.313 e. The van der Waals surface area contributed by atoms with Crippen LogP contribution in [-0.2, 0) is 20.6 Å². The Morgan fingerprint density at radius 1 is 1.18 bits per heavy atom. The second-order valence-corrected chi connectivity index (χ2v) is 12.4. The predicted octanol–water partition coefficient (Wildman–Crippen LogP) is 5.84. The van der Waals surface area contributed by atoms with E-state index in [9.17, 15) is 13.2 Å². The molecule has 1 aliphatic rings. The molecule has 0 saturated heterocycles. The molecule has 6 nitrogen and oxygen atoms in total. The number of unbranched alkanes of at least 4 members (excludes halogenated alkanes) is 1. The lowest BCUT2D eigenvalue weighted by molar-refractivity contribution is -0.133. The van der Waals surface area contributed by atoms with Crippen molar-refractivity contribution in [2.45, 2.75) is 60.6 Å². The van der Waals surface area contributed by atoms with Crippen LogP contribution in [-0.4, -0.2) is 54.9 Å². The van der Waals surface area contributed by atoms with Gasteiger partial charge in [-0.05, 0) is 48.9 Å². The van der Waals surface area contributed by atoms with Crippen LogP contribution in [0.5, 0.6) is 0 Å². The molecule has 0 fully saturated rings. The minimum atomic E-state index is -3.78. The molecule has 34 heavy (non-hydrogen) atoms. The van der Waals surface area contributed by atoms with Crippen molar-refractivity contribution in [2.24, 2.45) is 0 Å². The predicted molar refractivity (Wildman–Crippen MR) is 143 cm³/mol. The number of aliphatic carboxylic acids is 1. The first-order valence-corrected chi connectivity index (χ1v) is 15.3. The van der Waals surface area contributed by atoms with Crippen molar-refractivity contribution < 1.29 is 18.3 Å². The molecule has 1 N–H and O–H groups in total. The Morgan fingerprint density at radius 3 is 2.47 bits per heavy atom. The highest BCUT2D eigenvalue weighted by Gasteiger charge is 2.46. The number of hydrogen-bond donors (Lipinski definition) is 1. The number of nitrogens with zero attached hydrogens (tertiary/aromatic N) is 2. The van der Waals surface area contributed by atoms with Crippen molar-refractivity contribution >= 4 is 50.9 Å². The smallest absolute Gasteiger partial charge is 0.313 e. The maximum absolute atomic E-state index is 14.1. The van der Waals surface area contributed by atoms with Gasteiger partial charge in [-0.1, -0.05) is 44.9 Å². The standard InChI is InChI=1S/C25H34N2O4S3/c1-5-7-13-25(6-2)18-27(20-11-9-8-10-12-20)21-15-22(32-4)19(16-33-17-24(28)29)14-23(21)34(30,31)26(25)3/h8-12,14-15H,5-7,13,16-18H2,1-4H3,(H,28,29). The van der Waals surface area contributed by atoms with E-state index in [4.69, 9.17) is 5.11 Å². The number of rotatable bonds is 10. The van der Waals surface area contributed by atoms with Crippen LogP contribution < -0.4 is 4.90 Å². The summed E-state index contributed by atoms with van der Waals surface area (Å²) in [4.78, 5) is 14.4. The molecule has 0 radical (unpaired) electrons. The first-order chi connectivity index (χ1) is 16.2. The van der Waals surface area contributed by atoms with Crippen LogP contribution in [0, 0.1) is 0 Å². The fraction of sp³-hybridized carbons (Fsp3) is 0.480. The van der Waals surface area contributed by atoms with E-state index >= 15 is 0 Å². The summed E-state index contributed by atoms with van der Waals surface area (Å²) in [5, 5.41) is 9.05. The van der Waals surface area contributed by atoms with E-state index < -0.39 is 21.5 Å². The fourth-order valence-electron chi connectivity index (χ4n) is 4.53. The lowest BCUT2D eigenvalue weighted by Gasteiger charge is -2.41. The minimum Gasteiger partial charge on any atom is -0.481 e. The van der Waals surface area contributed by atoms with E-state index in [1.165, 1.54) is 11.8 Å². The molecule has 0 aliphatic carbocycles. The average Bonchev–Trinajstić information content (AvgIpc) is 2.90. The third-order valence-corrected chi connectivity index (χ3v) is 10.4. The molecular weight excluding hydrogens is 488 g/mol. The molecule has 1 aliphatic heterocycles. The van der Waals surface area contributed by atoms with Crippen LogP contribution >= 0.6 is 23.5 Å². The van der Waals surface area contributed by atoms with Crippen molar-refractivity contribution in [2.75, 3.05) is 30.5 Å². The maximum atomic E-state index is 14.1. The molecule has 0 aromatic heterocycles. The van der Waals surface area contributed by atoms with Gasteiger partial charge >= 0.3 is 5.97 Å². The number of fused-ring (bicyclic) bond motifs is 1. The van der Waals surface area contributed by atoms with Gasteiger partial charge in [0.25, 0.3) is 0 Å². The van der Waals surface area contributed by atoms with Gasteiger partial charge < -0.3 is 10.0 Å². The minimum absolute atomic E-state index is 0.0241. The Kier molecular flexibility index (Phi) is 9.00. The molecule has 186 valence electrons. The van der Waals surface area contributed by atoms with Gasteiger partial charge in [-0.25, -0.2) is 8.42 Å². The second kappa shape index (κ2) is 11.4. The Labute approximate surface area is 212 Å². The normalized spacial score (nSPS) is 20.1. The zero-order valence-electron chi connectivity index (χ0n) is 20.3. The number of carbonyl (C=O) groups is 1. The van der Waals surface area contributed by atoms with E-state index in [1.54, 1.807) is 29.2 Å². The summed E-state index contributed by atoms with van der Waals surface area (Å²) in [5.41, 5.74) is 1.95. The number of para-hydroxylation sites is 1. The molecule has 3 rings (SSSR count). The summed E-state index contributed by atoms with van der Waals surface area (Å²) in [6, 6.07) is 13.7. The second-order valence-electron chi connectivity index (χ2n) is 8.59. The first-order valence-electron chi connectivity index (χ1n) is 11.5. The Balaban J connectivity index is 2.24. The Bertz CT molecular complexity index is 1110. The van der Waals surface area contributed by atoms with Crippen molar-refractivity contribution in [3.05, 3.63) is 48.0 Å². The fourth-order valence-corrected chi connectivity index (χ4v) is 7.79. The van der Waals surface area contributed by atoms with Gasteiger partial charge in [0.1, 0.15) is 4.90 Å². The lowest BCUT2D eigenvalue weighted by Crippen LogP contribution is -2.53. The van der Waals surface area contributed by atoms with Crippen molar-refractivity contribution in [1.82, 2.24) is 4.31 Å². The Morgan fingerprint density at radius 2 is 1.88 bits per heavy atom. The van der Waals surface area contributed by atoms with E-state index in [0.29, 0.717) is 24.4 Å². The molecular formula is C25H34N2O4S3. The van der Waals surface area contributed by atoms with Crippen molar-refractivity contribution in [3.8, 4) is 0 Å². The zero-order chi connectivity index (χ0) is 24.9. The van der Waals surface area contributed by atoms with E-state index in [2.05, 4.69) is 18.7 Å². The molecule has 1 heterocycles. The summed E-state index contributed by atoms with van der Waals surface area (Å²) in [6.45, 7) is 4.77. The number of carboxylic acids is 1. The third kappa shape index (κ3) is 5.42. The van der Waals surface area contributed by atoms with Crippen LogP contribution in [0.1, 0.15) is 45.1 Å². The molecule has 0 bridgehead atoms. The van der Waals surface area contributed by atoms with E-state index in [-0.39, 0.29) is 10.6 Å². The summed E-state index contributed by atoms with van der Waals surface area (Å²) in [5.74, 6) is -0.463. The molecule has 1 unspecified atom stereocenters. The van der Waals surface area contributed by atoms with Crippen molar-refractivity contribution in [1.29, 1.82) is 0 Å². The first kappa shape index (κ1) is 26.9. The van der Waals surface area contributed by atoms with Gasteiger partial charge in [0.15, 0.2) is 0 Å². The van der Waals surface area contributed by atoms with Gasteiger partial charge in [0.2, 0.25) is 10.0 Å². The molecule has 2 aromatic rings. The SMILES string of the molecule is CCCCC1(CC)CN(c2ccccc2)c2cc(SC)c(CSCC(=O)O)cc2S(=O)(=O)N1C. The Hall–Kier alpha value is -1.68. The molecule has 9 heteroatoms. The molecule has 0 spiro atoms. The monoisotopic (exact) mass is 522 g/mol. The highest BCUT2D eigenvalue weighted by atomic mass is 32.2. The zero-order valence-corrected chi connectivity index (χ0v) is 22.7. The highest BCUT2D eigenvalue weighted by Crippen LogP contribution is 2.45. The van der Waals surface area contributed by atoms with Crippen LogP contribution in [0.15, 0.2) is 52.3 Å². The number of sulfonamides is 1. The number of thioether (sulfide) groups is 2. The van der Waals surface area contributed by atoms with Gasteiger partial charge in [-0.2, -0.15) is 4.31 Å². The van der Waals surface area contributed by atoms with Crippen molar-refractivity contribution in [3.63, 3.8) is 0 Å². The topological polar surface area (TPSA) is 77.9 Å². The quantitative estimate of drug-likeness (QED) is 0.393. The molecule has 0 saturated carbocycles. The third-order valence-electron chi connectivity index (χ3n) is 6.62. The van der Waals surface area contributed by atoms with Gasteiger partial charge in [0.05, 0.1) is 17.0 Å². The summed E-state index contributed by atoms with van der Waals surface area (Å²) >= 11 is 2.83. The van der Waals surface area contributed by atoms with Crippen LogP contribution in [0.4, 0.5) is 11.4 Å². The van der Waals surface area contributed by atoms with E-state index in [0.717, 1.165) is 35.4 Å². The largest absolute Gasteiger partial charge is 0.481 e. The van der Waals surface area contributed by atoms with Crippen LogP contribution in [0.2, 0.25) is 0 Å². The number of benzene rings is 2. The molecule has 2 aromatic carbocycles. The summed E-state index contributed by atoms with van der Waals surface area (Å²) in [6.07, 6.45) is 5.39.